The fourth-order valence-electron chi connectivity index (χ4n) is 10.0. The molecule has 5 aliphatic heterocycles. The van der Waals surface area contributed by atoms with Gasteiger partial charge in [0.05, 0.1) is 26.4 Å². The number of likely N-dealkylation sites (tertiary alicyclic amines) is 1. The molecule has 6 aliphatic rings. The third kappa shape index (κ3) is 13.4. The number of rotatable bonds is 18. The molecule has 0 unspecified atom stereocenters. The summed E-state index contributed by atoms with van der Waals surface area (Å²) in [5.74, 6) is 3.00. The predicted octanol–water partition coefficient (Wildman–Crippen LogP) is 6.02. The van der Waals surface area contributed by atoms with Crippen molar-refractivity contribution in [2.75, 3.05) is 152 Å². The third-order valence-corrected chi connectivity index (χ3v) is 13.7. The van der Waals surface area contributed by atoms with Gasteiger partial charge in [0.25, 0.3) is 0 Å². The average molecular weight is 804 g/mol. The van der Waals surface area contributed by atoms with Gasteiger partial charge in [-0.25, -0.2) is 0 Å². The lowest BCUT2D eigenvalue weighted by Crippen LogP contribution is -2.52. The molecule has 8 rings (SSSR count). The van der Waals surface area contributed by atoms with Gasteiger partial charge in [0.15, 0.2) is 0 Å². The molecule has 0 aromatic heterocycles. The van der Waals surface area contributed by atoms with Gasteiger partial charge in [0, 0.05) is 109 Å². The maximum Gasteiger partial charge on any atom is 0.119 e. The van der Waals surface area contributed by atoms with Crippen LogP contribution < -0.4 is 9.47 Å². The van der Waals surface area contributed by atoms with Crippen molar-refractivity contribution in [2.45, 2.75) is 75.0 Å². The van der Waals surface area contributed by atoms with Crippen LogP contribution in [0.1, 0.15) is 75.3 Å². The van der Waals surface area contributed by atoms with Crippen LogP contribution in [0, 0.1) is 5.92 Å². The Morgan fingerprint density at radius 2 is 1.02 bits per heavy atom. The minimum Gasteiger partial charge on any atom is -0.494 e. The first kappa shape index (κ1) is 43.8. The molecule has 0 atom stereocenters. The van der Waals surface area contributed by atoms with E-state index in [1.165, 1.54) is 95.7 Å². The van der Waals surface area contributed by atoms with Gasteiger partial charge >= 0.3 is 0 Å². The van der Waals surface area contributed by atoms with Crippen LogP contribution in [-0.2, 0) is 25.0 Å². The number of piperazine rings is 1. The highest BCUT2D eigenvalue weighted by Gasteiger charge is 2.38. The lowest BCUT2D eigenvalue weighted by Gasteiger charge is -2.44. The summed E-state index contributed by atoms with van der Waals surface area (Å²) < 4.78 is 28.8. The predicted molar refractivity (Wildman–Crippen MR) is 234 cm³/mol. The molecule has 1 saturated carbocycles. The number of hydrogen-bond acceptors (Lipinski definition) is 10. The smallest absolute Gasteiger partial charge is 0.119 e. The Labute approximate surface area is 351 Å². The molecule has 0 bridgehead atoms. The fourth-order valence-corrected chi connectivity index (χ4v) is 10.0. The van der Waals surface area contributed by atoms with Gasteiger partial charge in [-0.05, 0) is 133 Å². The molecule has 5 saturated heterocycles. The largest absolute Gasteiger partial charge is 0.494 e. The quantitative estimate of drug-likeness (QED) is 0.167. The van der Waals surface area contributed by atoms with Crippen LogP contribution in [0.5, 0.6) is 11.5 Å². The Bertz CT molecular complexity index is 1420. The summed E-state index contributed by atoms with van der Waals surface area (Å²) in [4.78, 5) is 12.7. The van der Waals surface area contributed by atoms with Crippen LogP contribution in [0.2, 0.25) is 0 Å². The van der Waals surface area contributed by atoms with Crippen molar-refractivity contribution in [3.8, 4) is 11.5 Å². The van der Waals surface area contributed by atoms with E-state index >= 15 is 0 Å². The van der Waals surface area contributed by atoms with Crippen molar-refractivity contribution >= 4 is 0 Å². The molecule has 10 heteroatoms. The highest BCUT2D eigenvalue weighted by atomic mass is 16.5. The minimum absolute atomic E-state index is 0.205. The molecular weight excluding hydrogens is 727 g/mol. The number of benzene rings is 2. The van der Waals surface area contributed by atoms with E-state index in [0.29, 0.717) is 0 Å². The third-order valence-electron chi connectivity index (χ3n) is 13.7. The Hall–Kier alpha value is -2.28. The zero-order valence-electron chi connectivity index (χ0n) is 36.4. The minimum atomic E-state index is 0.205. The van der Waals surface area contributed by atoms with Crippen LogP contribution in [-0.4, -0.2) is 177 Å². The van der Waals surface area contributed by atoms with Crippen LogP contribution in [0.15, 0.2) is 48.5 Å². The molecule has 2 aromatic rings. The van der Waals surface area contributed by atoms with E-state index in [0.717, 1.165) is 135 Å². The summed E-state index contributed by atoms with van der Waals surface area (Å²) in [6.07, 6.45) is 12.3. The number of hydrogen-bond donors (Lipinski definition) is 0. The summed E-state index contributed by atoms with van der Waals surface area (Å²) in [7, 11) is 4.31. The van der Waals surface area contributed by atoms with Gasteiger partial charge in [-0.3, -0.25) is 9.80 Å². The van der Waals surface area contributed by atoms with E-state index in [9.17, 15) is 0 Å². The number of likely N-dealkylation sites (N-methyl/N-ethyl adjacent to an activating group) is 1. The Morgan fingerprint density at radius 3 is 1.53 bits per heavy atom. The van der Waals surface area contributed by atoms with Gasteiger partial charge in [0.1, 0.15) is 11.5 Å². The Kier molecular flexibility index (Phi) is 17.0. The molecule has 1 aliphatic carbocycles. The van der Waals surface area contributed by atoms with Crippen molar-refractivity contribution in [1.29, 1.82) is 0 Å². The zero-order chi connectivity index (χ0) is 39.9. The van der Waals surface area contributed by atoms with E-state index in [2.05, 4.69) is 87.1 Å². The van der Waals surface area contributed by atoms with Crippen LogP contribution in [0.3, 0.4) is 0 Å². The molecule has 2 aromatic carbocycles. The van der Waals surface area contributed by atoms with E-state index in [4.69, 9.17) is 23.7 Å². The SMILES string of the molecule is CN(C)CC1(c2ccc(OCCCN3CCOCC3)cc2)CCOCC1.c1cc(C2(CN3CCN(CC4CC4)CC3)CCOCC2)ccc1OCCCN1CCCC1. The van der Waals surface area contributed by atoms with Crippen LogP contribution in [0.25, 0.3) is 0 Å². The van der Waals surface area contributed by atoms with Gasteiger partial charge in [-0.1, -0.05) is 24.3 Å². The molecule has 10 nitrogen and oxygen atoms in total. The Morgan fingerprint density at radius 1 is 0.552 bits per heavy atom. The monoisotopic (exact) mass is 804 g/mol. The molecule has 5 heterocycles. The average Bonchev–Trinajstić information content (AvgIpc) is 3.92. The molecule has 324 valence electrons. The molecular formula is C48H77N5O5. The van der Waals surface area contributed by atoms with Crippen LogP contribution >= 0.6 is 0 Å². The van der Waals surface area contributed by atoms with Crippen molar-refractivity contribution in [2.24, 2.45) is 5.92 Å². The summed E-state index contributed by atoms with van der Waals surface area (Å²) in [6, 6.07) is 17.9. The van der Waals surface area contributed by atoms with Crippen molar-refractivity contribution < 1.29 is 23.7 Å². The molecule has 0 spiro atoms. The van der Waals surface area contributed by atoms with E-state index in [-0.39, 0.29) is 10.8 Å². The van der Waals surface area contributed by atoms with Crippen molar-refractivity contribution in [3.63, 3.8) is 0 Å². The lowest BCUT2D eigenvalue weighted by atomic mass is 9.73. The standard InChI is InChI=1S/C27H43N3O2.C21H34N2O3/c1-2-13-28(12-1)14-3-19-32-26-8-6-25(7-9-26)27(10-20-31-21-11-27)23-30-17-15-29(16-18-30)22-24-4-5-24;1-22(2)18-21(8-14-24-15-9-21)19-4-6-20(7-5-19)26-13-3-10-23-11-16-25-17-12-23/h6-9,24H,1-5,10-23H2;4-7H,3,8-18H2,1-2H3. The second kappa shape index (κ2) is 22.5. The summed E-state index contributed by atoms with van der Waals surface area (Å²) in [6.45, 7) is 22.2. The molecule has 6 fully saturated rings. The second-order valence-corrected chi connectivity index (χ2v) is 18.5. The molecule has 0 amide bonds. The molecule has 58 heavy (non-hydrogen) atoms. The first-order chi connectivity index (χ1) is 28.5. The first-order valence-corrected chi connectivity index (χ1v) is 23.2. The number of nitrogens with zero attached hydrogens (tertiary/aromatic N) is 5. The van der Waals surface area contributed by atoms with Gasteiger partial charge in [0.2, 0.25) is 0 Å². The maximum absolute atomic E-state index is 6.07. The molecule has 0 radical (unpaired) electrons. The van der Waals surface area contributed by atoms with Gasteiger partial charge < -0.3 is 38.4 Å². The van der Waals surface area contributed by atoms with Crippen molar-refractivity contribution in [1.82, 2.24) is 24.5 Å². The highest BCUT2D eigenvalue weighted by molar-refractivity contribution is 5.34. The topological polar surface area (TPSA) is 62.4 Å². The lowest BCUT2D eigenvalue weighted by molar-refractivity contribution is 0.0238. The summed E-state index contributed by atoms with van der Waals surface area (Å²) >= 11 is 0. The Balaban J connectivity index is 0.000000181. The van der Waals surface area contributed by atoms with Gasteiger partial charge in [-0.2, -0.15) is 0 Å². The molecule has 0 N–H and O–H groups in total. The van der Waals surface area contributed by atoms with Crippen molar-refractivity contribution in [3.05, 3.63) is 59.7 Å². The summed E-state index contributed by atoms with van der Waals surface area (Å²) in [5.41, 5.74) is 3.32. The van der Waals surface area contributed by atoms with E-state index in [1.807, 2.05) is 0 Å². The second-order valence-electron chi connectivity index (χ2n) is 18.5. The normalized spacial score (nSPS) is 23.4. The summed E-state index contributed by atoms with van der Waals surface area (Å²) in [5, 5.41) is 0. The highest BCUT2D eigenvalue weighted by Crippen LogP contribution is 2.38. The number of morpholine rings is 1. The number of ether oxygens (including phenoxy) is 5. The van der Waals surface area contributed by atoms with E-state index < -0.39 is 0 Å². The van der Waals surface area contributed by atoms with Crippen LogP contribution in [0.4, 0.5) is 0 Å². The fraction of sp³-hybridized carbons (Fsp3) is 0.750. The van der Waals surface area contributed by atoms with E-state index in [1.54, 1.807) is 0 Å². The first-order valence-electron chi connectivity index (χ1n) is 23.2. The van der Waals surface area contributed by atoms with Gasteiger partial charge in [-0.15, -0.1) is 0 Å². The zero-order valence-corrected chi connectivity index (χ0v) is 36.4. The maximum atomic E-state index is 6.07.